The average molecular weight is 447 g/mol. The second kappa shape index (κ2) is 9.69. The molecular formula is C21H19ClN2O5S. The van der Waals surface area contributed by atoms with Gasteiger partial charge in [0.15, 0.2) is 23.3 Å². The van der Waals surface area contributed by atoms with E-state index >= 15 is 0 Å². The summed E-state index contributed by atoms with van der Waals surface area (Å²) in [5, 5.41) is 12.6. The van der Waals surface area contributed by atoms with E-state index < -0.39 is 12.6 Å². The number of carboxylic acid groups (broad SMARTS) is 1. The van der Waals surface area contributed by atoms with Crippen molar-refractivity contribution in [3.8, 4) is 11.5 Å². The molecule has 0 aromatic heterocycles. The Morgan fingerprint density at radius 3 is 2.80 bits per heavy atom. The summed E-state index contributed by atoms with van der Waals surface area (Å²) in [6.07, 6.45) is 1.71. The second-order valence-electron chi connectivity index (χ2n) is 6.19. The van der Waals surface area contributed by atoms with Gasteiger partial charge >= 0.3 is 5.97 Å². The first-order valence-corrected chi connectivity index (χ1v) is 10.2. The lowest BCUT2D eigenvalue weighted by atomic mass is 10.2. The predicted molar refractivity (Wildman–Crippen MR) is 118 cm³/mol. The molecule has 0 spiro atoms. The number of thioether (sulfide) groups is 1. The third kappa shape index (κ3) is 5.34. The Balaban J connectivity index is 1.83. The van der Waals surface area contributed by atoms with Crippen molar-refractivity contribution in [1.82, 2.24) is 5.32 Å². The van der Waals surface area contributed by atoms with Gasteiger partial charge in [0.2, 0.25) is 0 Å². The number of rotatable bonds is 7. The van der Waals surface area contributed by atoms with Gasteiger partial charge in [-0.15, -0.1) is 0 Å². The molecule has 0 saturated carbocycles. The first-order chi connectivity index (χ1) is 14.4. The molecule has 0 atom stereocenters. The number of hydrogen-bond donors (Lipinski definition) is 2. The molecule has 0 unspecified atom stereocenters. The van der Waals surface area contributed by atoms with Crippen LogP contribution in [0.15, 0.2) is 46.3 Å². The number of carbonyl (C=O) groups excluding carboxylic acids is 1. The van der Waals surface area contributed by atoms with Gasteiger partial charge < -0.3 is 19.9 Å². The quantitative estimate of drug-likeness (QED) is 0.612. The summed E-state index contributed by atoms with van der Waals surface area (Å²) in [6.45, 7) is 3.59. The molecule has 1 heterocycles. The van der Waals surface area contributed by atoms with Crippen LogP contribution in [0.4, 0.5) is 5.69 Å². The monoisotopic (exact) mass is 446 g/mol. The van der Waals surface area contributed by atoms with E-state index in [2.05, 4.69) is 10.3 Å². The molecule has 3 rings (SSSR count). The minimum atomic E-state index is -1.08. The number of hydrogen-bond acceptors (Lipinski definition) is 6. The van der Waals surface area contributed by atoms with Crippen LogP contribution in [-0.2, 0) is 9.59 Å². The van der Waals surface area contributed by atoms with Crippen LogP contribution in [-0.4, -0.2) is 35.4 Å². The lowest BCUT2D eigenvalue weighted by Crippen LogP contribution is -2.19. The fraction of sp³-hybridized carbons (Fsp3) is 0.190. The van der Waals surface area contributed by atoms with Crippen molar-refractivity contribution in [3.63, 3.8) is 0 Å². The smallest absolute Gasteiger partial charge is 0.341 e. The number of aliphatic carboxylic acids is 1. The van der Waals surface area contributed by atoms with Crippen LogP contribution in [0.1, 0.15) is 18.1 Å². The van der Waals surface area contributed by atoms with Crippen molar-refractivity contribution in [2.45, 2.75) is 13.8 Å². The minimum Gasteiger partial charge on any atom is -0.490 e. The molecule has 9 heteroatoms. The van der Waals surface area contributed by atoms with Crippen LogP contribution in [0.3, 0.4) is 0 Å². The molecule has 2 aromatic rings. The van der Waals surface area contributed by atoms with Crippen molar-refractivity contribution in [3.05, 3.63) is 57.5 Å². The standard InChI is InChI=1S/C21H19ClN2O5S/c1-3-28-17-9-13(7-8-16(17)29-11-19(25)26)10-18-20(27)24-21(30-18)23-15-6-4-5-14(22)12(15)2/h4-10H,3,11H2,1-2H3,(H,25,26)(H,23,24,27)/b18-10+. The van der Waals surface area contributed by atoms with E-state index in [-0.39, 0.29) is 5.91 Å². The van der Waals surface area contributed by atoms with Crippen molar-refractivity contribution >= 4 is 52.2 Å². The average Bonchev–Trinajstić information content (AvgIpc) is 3.04. The van der Waals surface area contributed by atoms with Crippen molar-refractivity contribution in [2.75, 3.05) is 13.2 Å². The zero-order valence-corrected chi connectivity index (χ0v) is 17.8. The van der Waals surface area contributed by atoms with Crippen LogP contribution in [0.2, 0.25) is 5.02 Å². The first-order valence-electron chi connectivity index (χ1n) is 9.03. The number of carboxylic acids is 1. The van der Waals surface area contributed by atoms with Crippen molar-refractivity contribution in [1.29, 1.82) is 0 Å². The highest BCUT2D eigenvalue weighted by Crippen LogP contribution is 2.33. The van der Waals surface area contributed by atoms with Crippen LogP contribution >= 0.6 is 23.4 Å². The molecule has 1 aliphatic heterocycles. The maximum Gasteiger partial charge on any atom is 0.341 e. The van der Waals surface area contributed by atoms with Gasteiger partial charge in [0.1, 0.15) is 0 Å². The van der Waals surface area contributed by atoms with Gasteiger partial charge in [-0.3, -0.25) is 4.79 Å². The van der Waals surface area contributed by atoms with E-state index in [0.29, 0.717) is 44.5 Å². The molecule has 0 bridgehead atoms. The highest BCUT2D eigenvalue weighted by molar-refractivity contribution is 8.18. The summed E-state index contributed by atoms with van der Waals surface area (Å²) in [5.74, 6) is -0.615. The van der Waals surface area contributed by atoms with E-state index in [4.69, 9.17) is 26.2 Å². The van der Waals surface area contributed by atoms with Gasteiger partial charge in [-0.1, -0.05) is 23.7 Å². The summed E-state index contributed by atoms with van der Waals surface area (Å²) >= 11 is 7.35. The van der Waals surface area contributed by atoms with Gasteiger partial charge in [-0.25, -0.2) is 9.79 Å². The Morgan fingerprint density at radius 1 is 1.27 bits per heavy atom. The van der Waals surface area contributed by atoms with Gasteiger partial charge in [-0.2, -0.15) is 0 Å². The fourth-order valence-electron chi connectivity index (χ4n) is 2.60. The molecule has 1 aliphatic rings. The third-order valence-corrected chi connectivity index (χ3v) is 5.35. The summed E-state index contributed by atoms with van der Waals surface area (Å²) in [5.41, 5.74) is 2.22. The Bertz CT molecular complexity index is 1050. The SMILES string of the molecule is CCOc1cc(/C=C2/SC(=Nc3cccc(Cl)c3C)NC2=O)ccc1OCC(=O)O. The summed E-state index contributed by atoms with van der Waals surface area (Å²) in [7, 11) is 0. The first kappa shape index (κ1) is 21.7. The topological polar surface area (TPSA) is 97.2 Å². The summed E-state index contributed by atoms with van der Waals surface area (Å²) in [4.78, 5) is 28.0. The normalized spacial score (nSPS) is 16.0. The molecule has 1 fully saturated rings. The molecule has 7 nitrogen and oxygen atoms in total. The van der Waals surface area contributed by atoms with Crippen LogP contribution in [0.5, 0.6) is 11.5 Å². The fourth-order valence-corrected chi connectivity index (χ4v) is 3.60. The number of aliphatic imine (C=N–C) groups is 1. The largest absolute Gasteiger partial charge is 0.490 e. The molecule has 1 saturated heterocycles. The molecule has 30 heavy (non-hydrogen) atoms. The summed E-state index contributed by atoms with van der Waals surface area (Å²) in [6, 6.07) is 10.4. The van der Waals surface area contributed by atoms with Crippen molar-refractivity contribution < 1.29 is 24.2 Å². The molecule has 2 N–H and O–H groups in total. The predicted octanol–water partition coefficient (Wildman–Crippen LogP) is 4.40. The Morgan fingerprint density at radius 2 is 2.07 bits per heavy atom. The zero-order chi connectivity index (χ0) is 21.7. The molecule has 156 valence electrons. The molecule has 0 radical (unpaired) electrons. The van der Waals surface area contributed by atoms with Crippen LogP contribution in [0, 0.1) is 6.92 Å². The maximum absolute atomic E-state index is 12.4. The number of benzene rings is 2. The minimum absolute atomic E-state index is 0.261. The second-order valence-corrected chi connectivity index (χ2v) is 7.63. The van der Waals surface area contributed by atoms with E-state index in [1.165, 1.54) is 11.8 Å². The van der Waals surface area contributed by atoms with E-state index in [9.17, 15) is 9.59 Å². The summed E-state index contributed by atoms with van der Waals surface area (Å²) < 4.78 is 10.8. The Hall–Kier alpha value is -2.97. The van der Waals surface area contributed by atoms with Crippen LogP contribution in [0.25, 0.3) is 6.08 Å². The number of nitrogens with zero attached hydrogens (tertiary/aromatic N) is 1. The van der Waals surface area contributed by atoms with E-state index in [1.807, 2.05) is 19.9 Å². The van der Waals surface area contributed by atoms with E-state index in [0.717, 1.165) is 5.56 Å². The van der Waals surface area contributed by atoms with Gasteiger partial charge in [0.25, 0.3) is 5.91 Å². The van der Waals surface area contributed by atoms with Gasteiger partial charge in [-0.05, 0) is 67.1 Å². The van der Waals surface area contributed by atoms with Crippen molar-refractivity contribution in [2.24, 2.45) is 4.99 Å². The number of nitrogens with one attached hydrogen (secondary N) is 1. The molecule has 1 amide bonds. The number of amidine groups is 1. The molecule has 0 aliphatic carbocycles. The number of carbonyl (C=O) groups is 2. The van der Waals surface area contributed by atoms with Gasteiger partial charge in [0, 0.05) is 5.02 Å². The third-order valence-electron chi connectivity index (χ3n) is 4.03. The molecule has 2 aromatic carbocycles. The van der Waals surface area contributed by atoms with E-state index in [1.54, 1.807) is 36.4 Å². The van der Waals surface area contributed by atoms with Gasteiger partial charge in [0.05, 0.1) is 17.2 Å². The lowest BCUT2D eigenvalue weighted by Gasteiger charge is -2.11. The Kier molecular flexibility index (Phi) is 7.02. The molecular weight excluding hydrogens is 428 g/mol. The zero-order valence-electron chi connectivity index (χ0n) is 16.3. The highest BCUT2D eigenvalue weighted by atomic mass is 35.5. The lowest BCUT2D eigenvalue weighted by molar-refractivity contribution is -0.139. The van der Waals surface area contributed by atoms with Crippen LogP contribution < -0.4 is 14.8 Å². The Labute approximate surface area is 182 Å². The number of ether oxygens (including phenoxy) is 2. The number of amides is 1. The maximum atomic E-state index is 12.4. The highest BCUT2D eigenvalue weighted by Gasteiger charge is 2.24. The number of halogens is 1.